The van der Waals surface area contributed by atoms with Gasteiger partial charge in [0.2, 0.25) is 0 Å². The molecule has 1 aromatic rings. The predicted octanol–water partition coefficient (Wildman–Crippen LogP) is 4.15. The quantitative estimate of drug-likeness (QED) is 0.635. The van der Waals surface area contributed by atoms with Crippen LogP contribution >= 0.6 is 50.7 Å². The average molecular weight is 346 g/mol. The molecule has 2 N–H and O–H groups in total. The van der Waals surface area contributed by atoms with Gasteiger partial charge < -0.3 is 5.11 Å². The number of nitrogens with one attached hydrogen (secondary N) is 1. The van der Waals surface area contributed by atoms with E-state index < -0.39 is 0 Å². The average Bonchev–Trinajstić information content (AvgIpc) is 2.16. The summed E-state index contributed by atoms with van der Waals surface area (Å²) in [5.74, 6) is 0. The van der Waals surface area contributed by atoms with Crippen molar-refractivity contribution in [1.82, 2.24) is 0 Å². The summed E-state index contributed by atoms with van der Waals surface area (Å²) in [6.07, 6.45) is 0.413. The summed E-state index contributed by atoms with van der Waals surface area (Å²) in [5, 5.41) is 13.8. The van der Waals surface area contributed by atoms with Crippen LogP contribution in [-0.4, -0.2) is 16.3 Å². The largest absolute Gasteiger partial charge is 0.396 e. The normalized spacial score (nSPS) is 11.7. The second-order valence-electron chi connectivity index (χ2n) is 2.82. The lowest BCUT2D eigenvalue weighted by atomic mass is 10.3. The van der Waals surface area contributed by atoms with Crippen LogP contribution < -0.4 is 5.43 Å². The third-order valence-corrected chi connectivity index (χ3v) is 3.00. The molecule has 0 amide bonds. The molecule has 0 aliphatic heterocycles. The lowest BCUT2D eigenvalue weighted by molar-refractivity contribution is 0.308. The zero-order valence-corrected chi connectivity index (χ0v) is 11.8. The van der Waals surface area contributed by atoms with Crippen molar-refractivity contribution in [3.05, 3.63) is 27.2 Å². The van der Waals surface area contributed by atoms with Crippen molar-refractivity contribution in [3.8, 4) is 0 Å². The fraction of sp³-hybridized carbons (Fsp3) is 0.222. The fourth-order valence-corrected chi connectivity index (χ4v) is 2.08. The molecule has 7 heteroatoms. The monoisotopic (exact) mass is 344 g/mol. The highest BCUT2D eigenvalue weighted by atomic mass is 79.9. The number of aliphatic hydroxyl groups excluding tert-OH is 1. The smallest absolute Gasteiger partial charge is 0.105 e. The summed E-state index contributed by atoms with van der Waals surface area (Å²) in [6.45, 7) is 0.00778. The van der Waals surface area contributed by atoms with E-state index in [4.69, 9.17) is 39.9 Å². The second-order valence-corrected chi connectivity index (χ2v) is 4.98. The van der Waals surface area contributed by atoms with Gasteiger partial charge in [-0.3, -0.25) is 5.43 Å². The van der Waals surface area contributed by atoms with Crippen molar-refractivity contribution in [2.45, 2.75) is 6.42 Å². The first-order valence-corrected chi connectivity index (χ1v) is 6.20. The van der Waals surface area contributed by atoms with Crippen molar-refractivity contribution in [2.24, 2.45) is 5.10 Å². The Morgan fingerprint density at radius 3 is 2.38 bits per heavy atom. The molecule has 0 atom stereocenters. The van der Waals surface area contributed by atoms with Crippen molar-refractivity contribution < 1.29 is 5.11 Å². The fourth-order valence-electron chi connectivity index (χ4n) is 0.914. The van der Waals surface area contributed by atoms with Crippen LogP contribution in [0.1, 0.15) is 6.42 Å². The van der Waals surface area contributed by atoms with E-state index in [1.807, 2.05) is 0 Å². The molecule has 1 aromatic carbocycles. The Bertz CT molecular complexity index is 389. The van der Waals surface area contributed by atoms with Gasteiger partial charge in [-0.2, -0.15) is 5.10 Å². The van der Waals surface area contributed by atoms with E-state index in [2.05, 4.69) is 26.5 Å². The van der Waals surface area contributed by atoms with Gasteiger partial charge in [0.05, 0.1) is 15.7 Å². The molecule has 0 heterocycles. The predicted molar refractivity (Wildman–Crippen MR) is 73.2 cm³/mol. The summed E-state index contributed by atoms with van der Waals surface area (Å²) < 4.78 is 0.567. The minimum absolute atomic E-state index is 0.00778. The van der Waals surface area contributed by atoms with Crippen LogP contribution in [0.4, 0.5) is 5.69 Å². The highest BCUT2D eigenvalue weighted by molar-refractivity contribution is 9.18. The number of nitrogens with zero attached hydrogens (tertiary/aromatic N) is 1. The Kier molecular flexibility index (Phi) is 5.86. The third kappa shape index (κ3) is 4.11. The number of halogens is 4. The highest BCUT2D eigenvalue weighted by Gasteiger charge is 2.07. The van der Waals surface area contributed by atoms with E-state index in [1.165, 1.54) is 0 Å². The Balaban J connectivity index is 2.85. The van der Waals surface area contributed by atoms with Gasteiger partial charge in [0, 0.05) is 18.1 Å². The van der Waals surface area contributed by atoms with E-state index in [9.17, 15) is 0 Å². The summed E-state index contributed by atoms with van der Waals surface area (Å²) in [7, 11) is 0. The maximum atomic E-state index is 8.67. The Labute approximate surface area is 117 Å². The molecule has 0 radical (unpaired) electrons. The standard InChI is InChI=1S/C9H8BrCl3N2O/c10-8(1-2-16)14-15-9-6(12)3-5(11)4-7(9)13/h3-4,15-16H,1-2H2/b14-8+. The molecular weight excluding hydrogens is 338 g/mol. The minimum Gasteiger partial charge on any atom is -0.396 e. The van der Waals surface area contributed by atoms with Crippen LogP contribution in [0.3, 0.4) is 0 Å². The lowest BCUT2D eigenvalue weighted by Gasteiger charge is -2.07. The number of benzene rings is 1. The first kappa shape index (κ1) is 14.1. The van der Waals surface area contributed by atoms with Crippen LogP contribution in [0.5, 0.6) is 0 Å². The lowest BCUT2D eigenvalue weighted by Crippen LogP contribution is -1.98. The van der Waals surface area contributed by atoms with Gasteiger partial charge in [-0.15, -0.1) is 0 Å². The van der Waals surface area contributed by atoms with Crippen LogP contribution in [0.15, 0.2) is 17.2 Å². The van der Waals surface area contributed by atoms with E-state index in [1.54, 1.807) is 12.1 Å². The molecule has 0 saturated heterocycles. The summed E-state index contributed by atoms with van der Waals surface area (Å²) in [6, 6.07) is 3.12. The number of hydrazone groups is 1. The molecule has 0 saturated carbocycles. The van der Waals surface area contributed by atoms with Crippen molar-refractivity contribution >= 4 is 61.0 Å². The number of hydrogen-bond donors (Lipinski definition) is 2. The molecule has 0 aliphatic carbocycles. The molecule has 0 bridgehead atoms. The van der Waals surface area contributed by atoms with Gasteiger partial charge in [0.15, 0.2) is 0 Å². The molecule has 1 rings (SSSR count). The van der Waals surface area contributed by atoms with Crippen molar-refractivity contribution in [2.75, 3.05) is 12.0 Å². The third-order valence-electron chi connectivity index (χ3n) is 1.61. The van der Waals surface area contributed by atoms with E-state index in [0.29, 0.717) is 31.8 Å². The van der Waals surface area contributed by atoms with Gasteiger partial charge in [-0.05, 0) is 28.1 Å². The van der Waals surface area contributed by atoms with Crippen LogP contribution in [0.2, 0.25) is 15.1 Å². The Morgan fingerprint density at radius 1 is 1.31 bits per heavy atom. The van der Waals surface area contributed by atoms with Crippen molar-refractivity contribution in [3.63, 3.8) is 0 Å². The Hall–Kier alpha value is -0.000000000000000167. The van der Waals surface area contributed by atoms with Gasteiger partial charge in [0.1, 0.15) is 4.62 Å². The van der Waals surface area contributed by atoms with Crippen LogP contribution in [-0.2, 0) is 0 Å². The number of hydrogen-bond acceptors (Lipinski definition) is 3. The topological polar surface area (TPSA) is 44.6 Å². The highest BCUT2D eigenvalue weighted by Crippen LogP contribution is 2.33. The molecule has 16 heavy (non-hydrogen) atoms. The molecule has 0 aromatic heterocycles. The molecule has 0 fully saturated rings. The van der Waals surface area contributed by atoms with Gasteiger partial charge in [-0.25, -0.2) is 0 Å². The van der Waals surface area contributed by atoms with Crippen LogP contribution in [0, 0.1) is 0 Å². The molecule has 0 unspecified atom stereocenters. The summed E-state index contributed by atoms with van der Waals surface area (Å²) in [4.78, 5) is 0. The number of aliphatic hydroxyl groups is 1. The maximum absolute atomic E-state index is 8.67. The van der Waals surface area contributed by atoms with Gasteiger partial charge in [-0.1, -0.05) is 34.8 Å². The first-order valence-electron chi connectivity index (χ1n) is 4.28. The molecule has 3 nitrogen and oxygen atoms in total. The SMILES string of the molecule is OCC/C(Br)=N\Nc1c(Cl)cc(Cl)cc1Cl. The van der Waals surface area contributed by atoms with E-state index in [-0.39, 0.29) is 6.61 Å². The second kappa shape index (κ2) is 6.67. The molecule has 0 spiro atoms. The van der Waals surface area contributed by atoms with E-state index in [0.717, 1.165) is 0 Å². The minimum atomic E-state index is 0.00778. The number of rotatable bonds is 4. The number of anilines is 1. The Morgan fingerprint density at radius 2 is 1.88 bits per heavy atom. The molecule has 88 valence electrons. The van der Waals surface area contributed by atoms with Crippen molar-refractivity contribution in [1.29, 1.82) is 0 Å². The van der Waals surface area contributed by atoms with Gasteiger partial charge in [0.25, 0.3) is 0 Å². The van der Waals surface area contributed by atoms with E-state index >= 15 is 0 Å². The summed E-state index contributed by atoms with van der Waals surface area (Å²) in [5.41, 5.74) is 3.18. The zero-order valence-electron chi connectivity index (χ0n) is 7.98. The molecular formula is C9H8BrCl3N2O. The molecule has 0 aliphatic rings. The van der Waals surface area contributed by atoms with Gasteiger partial charge >= 0.3 is 0 Å². The zero-order chi connectivity index (χ0) is 12.1. The maximum Gasteiger partial charge on any atom is 0.105 e. The summed E-state index contributed by atoms with van der Waals surface area (Å²) >= 11 is 20.8. The first-order chi connectivity index (χ1) is 7.54. The van der Waals surface area contributed by atoms with Crippen LogP contribution in [0.25, 0.3) is 0 Å².